The lowest BCUT2D eigenvalue weighted by Crippen LogP contribution is -2.37. The molecule has 1 aliphatic heterocycles. The third-order valence-electron chi connectivity index (χ3n) is 4.66. The molecule has 1 aliphatic rings. The summed E-state index contributed by atoms with van der Waals surface area (Å²) in [6, 6.07) is 2.65. The first-order valence-corrected chi connectivity index (χ1v) is 13.3. The van der Waals surface area contributed by atoms with E-state index in [4.69, 9.17) is 14.2 Å². The summed E-state index contributed by atoms with van der Waals surface area (Å²) in [7, 11) is -3.73. The molecule has 2 unspecified atom stereocenters. The standard InChI is InChI=1S/C23H30N2O7S2/c1-5-8-30-19-11-16(12-20(34(4,28)29)21(19)31-9-6-2)22(26)25-14-17-13-18(15-24-17)33-23(27)32-10-7-3/h5-7,11-12,17-18,24H,1-3,8-10,13-15H2,4H3,(H,25,26). The minimum atomic E-state index is -3.73. The van der Waals surface area contributed by atoms with E-state index in [1.165, 1.54) is 30.4 Å². The van der Waals surface area contributed by atoms with Gasteiger partial charge >= 0.3 is 5.30 Å². The van der Waals surface area contributed by atoms with Crippen molar-refractivity contribution in [2.24, 2.45) is 0 Å². The number of ether oxygens (including phenoxy) is 3. The van der Waals surface area contributed by atoms with Crippen LogP contribution in [0.4, 0.5) is 4.79 Å². The molecule has 0 spiro atoms. The maximum absolute atomic E-state index is 12.9. The van der Waals surface area contributed by atoms with Gasteiger partial charge < -0.3 is 24.8 Å². The molecule has 1 heterocycles. The zero-order chi connectivity index (χ0) is 25.1. The summed E-state index contributed by atoms with van der Waals surface area (Å²) in [6.07, 6.45) is 6.17. The molecule has 0 bridgehead atoms. The monoisotopic (exact) mass is 510 g/mol. The highest BCUT2D eigenvalue weighted by atomic mass is 32.2. The fraction of sp³-hybridized carbons (Fsp3) is 0.391. The largest absolute Gasteiger partial charge is 0.486 e. The van der Waals surface area contributed by atoms with E-state index in [-0.39, 0.29) is 58.4 Å². The molecular weight excluding hydrogens is 480 g/mol. The van der Waals surface area contributed by atoms with Crippen molar-refractivity contribution in [1.29, 1.82) is 0 Å². The Balaban J connectivity index is 2.11. The van der Waals surface area contributed by atoms with Gasteiger partial charge in [0.05, 0.1) is 0 Å². The van der Waals surface area contributed by atoms with Crippen molar-refractivity contribution in [2.75, 3.05) is 39.2 Å². The number of carbonyl (C=O) groups is 2. The fourth-order valence-electron chi connectivity index (χ4n) is 3.17. The molecule has 2 rings (SSSR count). The molecule has 1 amide bonds. The molecule has 1 aromatic rings. The summed E-state index contributed by atoms with van der Waals surface area (Å²) in [5, 5.41) is 5.72. The van der Waals surface area contributed by atoms with Crippen LogP contribution in [0.1, 0.15) is 16.8 Å². The van der Waals surface area contributed by atoms with Crippen LogP contribution in [0, 0.1) is 0 Å². The SMILES string of the molecule is C=CCOC(=O)SC1CNC(CNC(=O)c2cc(OCC=C)c(OCC=C)c(S(C)(=O)=O)c2)C1. The highest BCUT2D eigenvalue weighted by Gasteiger charge is 2.28. The van der Waals surface area contributed by atoms with Crippen molar-refractivity contribution in [2.45, 2.75) is 22.6 Å². The summed E-state index contributed by atoms with van der Waals surface area (Å²) < 4.78 is 40.9. The summed E-state index contributed by atoms with van der Waals surface area (Å²) in [6.45, 7) is 11.9. The number of benzene rings is 1. The summed E-state index contributed by atoms with van der Waals surface area (Å²) in [4.78, 5) is 24.4. The van der Waals surface area contributed by atoms with E-state index in [1.807, 2.05) is 0 Å². The molecule has 0 aliphatic carbocycles. The topological polar surface area (TPSA) is 120 Å². The van der Waals surface area contributed by atoms with Crippen LogP contribution in [0.2, 0.25) is 0 Å². The predicted octanol–water partition coefficient (Wildman–Crippen LogP) is 2.74. The second kappa shape index (κ2) is 13.2. The Bertz CT molecular complexity index is 1020. The van der Waals surface area contributed by atoms with Gasteiger partial charge in [-0.15, -0.1) is 0 Å². The Hall–Kier alpha value is -2.76. The average molecular weight is 511 g/mol. The normalized spacial score (nSPS) is 17.4. The minimum absolute atomic E-state index is 0.0152. The summed E-state index contributed by atoms with van der Waals surface area (Å²) in [5.41, 5.74) is 0.113. The van der Waals surface area contributed by atoms with Gasteiger partial charge in [0.2, 0.25) is 0 Å². The van der Waals surface area contributed by atoms with Crippen molar-refractivity contribution < 1.29 is 32.2 Å². The third kappa shape index (κ3) is 8.23. The molecule has 0 radical (unpaired) electrons. The molecule has 0 aromatic heterocycles. The molecule has 11 heteroatoms. The fourth-order valence-corrected chi connectivity index (χ4v) is 4.92. The first kappa shape index (κ1) is 27.5. The van der Waals surface area contributed by atoms with Crippen LogP contribution in [-0.2, 0) is 14.6 Å². The molecule has 1 saturated heterocycles. The molecule has 186 valence electrons. The Morgan fingerprint density at radius 3 is 2.47 bits per heavy atom. The number of hydrogen-bond donors (Lipinski definition) is 2. The third-order valence-corrected chi connectivity index (χ3v) is 6.76. The number of thioether (sulfide) groups is 1. The van der Waals surface area contributed by atoms with Gasteiger partial charge in [-0.3, -0.25) is 4.79 Å². The molecule has 2 atom stereocenters. The highest BCUT2D eigenvalue weighted by Crippen LogP contribution is 2.36. The van der Waals surface area contributed by atoms with E-state index in [9.17, 15) is 18.0 Å². The van der Waals surface area contributed by atoms with E-state index in [0.717, 1.165) is 18.0 Å². The Morgan fingerprint density at radius 2 is 1.82 bits per heavy atom. The smallest absolute Gasteiger partial charge is 0.367 e. The maximum atomic E-state index is 12.9. The Kier molecular flexibility index (Phi) is 10.7. The molecule has 2 N–H and O–H groups in total. The van der Waals surface area contributed by atoms with E-state index in [2.05, 4.69) is 30.4 Å². The van der Waals surface area contributed by atoms with Crippen LogP contribution in [0.3, 0.4) is 0 Å². The predicted molar refractivity (Wildman–Crippen MR) is 133 cm³/mol. The molecule has 1 fully saturated rings. The van der Waals surface area contributed by atoms with Gasteiger partial charge in [-0.05, 0) is 30.3 Å². The second-order valence-corrected chi connectivity index (χ2v) is 10.6. The molecule has 34 heavy (non-hydrogen) atoms. The molecule has 9 nitrogen and oxygen atoms in total. The van der Waals surface area contributed by atoms with Crippen molar-refractivity contribution in [3.05, 3.63) is 55.7 Å². The van der Waals surface area contributed by atoms with Gasteiger partial charge in [0.1, 0.15) is 24.7 Å². The van der Waals surface area contributed by atoms with E-state index >= 15 is 0 Å². The first-order valence-electron chi connectivity index (χ1n) is 10.5. The van der Waals surface area contributed by atoms with Crippen molar-refractivity contribution in [3.8, 4) is 11.5 Å². The Labute approximate surface area is 204 Å². The van der Waals surface area contributed by atoms with Crippen LogP contribution in [0.15, 0.2) is 55.0 Å². The van der Waals surface area contributed by atoms with Gasteiger partial charge in [-0.2, -0.15) is 0 Å². The number of nitrogens with one attached hydrogen (secondary N) is 2. The van der Waals surface area contributed by atoms with E-state index in [0.29, 0.717) is 19.5 Å². The quantitative estimate of drug-likeness (QED) is 0.305. The first-order chi connectivity index (χ1) is 16.2. The molecule has 1 aromatic carbocycles. The van der Waals surface area contributed by atoms with E-state index in [1.54, 1.807) is 0 Å². The van der Waals surface area contributed by atoms with E-state index < -0.39 is 15.7 Å². The second-order valence-electron chi connectivity index (χ2n) is 7.41. The van der Waals surface area contributed by atoms with Crippen molar-refractivity contribution >= 4 is 32.8 Å². The van der Waals surface area contributed by atoms with Gasteiger partial charge in [0.15, 0.2) is 21.3 Å². The van der Waals surface area contributed by atoms with Gasteiger partial charge in [-0.1, -0.05) is 38.0 Å². The number of hydrogen-bond acceptors (Lipinski definition) is 9. The van der Waals surface area contributed by atoms with Gasteiger partial charge in [0, 0.05) is 36.2 Å². The lowest BCUT2D eigenvalue weighted by atomic mass is 10.1. The number of carbonyl (C=O) groups excluding carboxylic acids is 2. The van der Waals surface area contributed by atoms with Gasteiger partial charge in [0.25, 0.3) is 5.91 Å². The molecular formula is C23H30N2O7S2. The lowest BCUT2D eigenvalue weighted by molar-refractivity contribution is 0.0949. The van der Waals surface area contributed by atoms with Crippen molar-refractivity contribution in [3.63, 3.8) is 0 Å². The number of sulfone groups is 1. The lowest BCUT2D eigenvalue weighted by Gasteiger charge is -2.17. The average Bonchev–Trinajstić information content (AvgIpc) is 3.24. The van der Waals surface area contributed by atoms with Crippen LogP contribution in [0.25, 0.3) is 0 Å². The number of amides is 1. The summed E-state index contributed by atoms with van der Waals surface area (Å²) in [5.74, 6) is -0.336. The highest BCUT2D eigenvalue weighted by molar-refractivity contribution is 8.13. The minimum Gasteiger partial charge on any atom is -0.486 e. The Morgan fingerprint density at radius 1 is 1.15 bits per heavy atom. The van der Waals surface area contributed by atoms with Crippen molar-refractivity contribution in [1.82, 2.24) is 10.6 Å². The van der Waals surface area contributed by atoms with Crippen LogP contribution in [-0.4, -0.2) is 70.1 Å². The maximum Gasteiger partial charge on any atom is 0.367 e. The zero-order valence-electron chi connectivity index (χ0n) is 19.1. The zero-order valence-corrected chi connectivity index (χ0v) is 20.7. The van der Waals surface area contributed by atoms with Crippen LogP contribution < -0.4 is 20.1 Å². The summed E-state index contributed by atoms with van der Waals surface area (Å²) >= 11 is 1.11. The molecule has 0 saturated carbocycles. The van der Waals surface area contributed by atoms with Gasteiger partial charge in [-0.25, -0.2) is 13.2 Å². The number of rotatable bonds is 13. The van der Waals surface area contributed by atoms with Crippen LogP contribution in [0.5, 0.6) is 11.5 Å². The van der Waals surface area contributed by atoms with Crippen LogP contribution >= 0.6 is 11.8 Å².